The lowest BCUT2D eigenvalue weighted by atomic mass is 10.1. The smallest absolute Gasteiger partial charge is 0.308 e. The predicted octanol–water partition coefficient (Wildman–Crippen LogP) is 5.57. The Balaban J connectivity index is 0. The molecule has 1 aromatic carbocycles. The zero-order valence-electron chi connectivity index (χ0n) is 14.5. The Morgan fingerprint density at radius 3 is 2.10 bits per heavy atom. The van der Waals surface area contributed by atoms with Crippen molar-refractivity contribution in [3.8, 4) is 0 Å². The summed E-state index contributed by atoms with van der Waals surface area (Å²) in [4.78, 5) is 11.6. The van der Waals surface area contributed by atoms with Gasteiger partial charge in [-0.2, -0.15) is 0 Å². The Kier molecular flexibility index (Phi) is 13.1. The minimum Gasteiger partial charge on any atom is -0.308 e. The van der Waals surface area contributed by atoms with Crippen LogP contribution in [0.25, 0.3) is 0 Å². The minimum absolute atomic E-state index is 0.263. The first-order chi connectivity index (χ1) is 10.1. The van der Waals surface area contributed by atoms with Crippen molar-refractivity contribution in [1.29, 1.82) is 0 Å². The van der Waals surface area contributed by atoms with Gasteiger partial charge < -0.3 is 10.6 Å². The lowest BCUT2D eigenvalue weighted by Gasteiger charge is -2.09. The van der Waals surface area contributed by atoms with Crippen molar-refractivity contribution in [1.82, 2.24) is 5.32 Å². The van der Waals surface area contributed by atoms with Crippen LogP contribution in [0.3, 0.4) is 0 Å². The largest absolute Gasteiger partial charge is 0.323 e. The van der Waals surface area contributed by atoms with E-state index in [4.69, 9.17) is 0 Å². The molecule has 1 rings (SSSR count). The third-order valence-electron chi connectivity index (χ3n) is 2.55. The number of hydrogen-bond donors (Lipinski definition) is 2. The number of anilines is 1. The first kappa shape index (κ1) is 21.3. The van der Waals surface area contributed by atoms with Gasteiger partial charge in [-0.1, -0.05) is 46.4 Å². The summed E-state index contributed by atoms with van der Waals surface area (Å²) in [7, 11) is 0. The highest BCUT2D eigenvalue weighted by atomic mass is 16.2. The molecule has 21 heavy (non-hydrogen) atoms. The number of nitrogens with one attached hydrogen (secondary N) is 2. The number of hydrogen-bond acceptors (Lipinski definition) is 1. The van der Waals surface area contributed by atoms with E-state index >= 15 is 0 Å². The van der Waals surface area contributed by atoms with Crippen LogP contribution in [-0.2, 0) is 0 Å². The standard InChI is InChI=1S/C14H18N2O.2C2H6/c1-5-12(6-2)15-14(17)16-13-8-7-10(3)11(4)9-13;2*1-2/h5-9H,1H2,2-4H3,(H2,15,16,17);2*1-2H3/b12-6+;;. The summed E-state index contributed by atoms with van der Waals surface area (Å²) < 4.78 is 0. The highest BCUT2D eigenvalue weighted by Gasteiger charge is 2.03. The van der Waals surface area contributed by atoms with E-state index < -0.39 is 0 Å². The van der Waals surface area contributed by atoms with Gasteiger partial charge in [-0.25, -0.2) is 4.79 Å². The highest BCUT2D eigenvalue weighted by molar-refractivity contribution is 5.90. The van der Waals surface area contributed by atoms with Crippen molar-refractivity contribution in [3.05, 3.63) is 53.8 Å². The van der Waals surface area contributed by atoms with Gasteiger partial charge in [0, 0.05) is 11.4 Å². The van der Waals surface area contributed by atoms with Crippen LogP contribution in [0.2, 0.25) is 0 Å². The Bertz CT molecular complexity index is 462. The van der Waals surface area contributed by atoms with Crippen LogP contribution in [0, 0.1) is 13.8 Å². The number of carbonyl (C=O) groups excluding carboxylic acids is 1. The van der Waals surface area contributed by atoms with E-state index in [9.17, 15) is 4.79 Å². The molecule has 0 atom stereocenters. The van der Waals surface area contributed by atoms with Gasteiger partial charge >= 0.3 is 6.03 Å². The molecule has 0 saturated carbocycles. The Morgan fingerprint density at radius 2 is 1.67 bits per heavy atom. The second kappa shape index (κ2) is 13.0. The topological polar surface area (TPSA) is 41.1 Å². The monoisotopic (exact) mass is 290 g/mol. The van der Waals surface area contributed by atoms with Crippen molar-refractivity contribution >= 4 is 11.7 Å². The average molecular weight is 290 g/mol. The third kappa shape index (κ3) is 8.69. The number of aryl methyl sites for hydroxylation is 2. The number of carbonyl (C=O) groups is 1. The highest BCUT2D eigenvalue weighted by Crippen LogP contribution is 2.13. The molecule has 0 aliphatic heterocycles. The molecule has 0 radical (unpaired) electrons. The fourth-order valence-electron chi connectivity index (χ4n) is 1.35. The zero-order valence-corrected chi connectivity index (χ0v) is 14.5. The van der Waals surface area contributed by atoms with Crippen molar-refractivity contribution in [2.45, 2.75) is 48.5 Å². The predicted molar refractivity (Wildman–Crippen MR) is 94.7 cm³/mol. The molecule has 0 fully saturated rings. The molecule has 2 N–H and O–H groups in total. The minimum atomic E-state index is -0.263. The van der Waals surface area contributed by atoms with Crippen LogP contribution < -0.4 is 10.6 Å². The lowest BCUT2D eigenvalue weighted by molar-refractivity contribution is 0.254. The molecular formula is C18H30N2O. The SMILES string of the molecule is C=C/C(=C\C)NC(=O)Nc1ccc(C)c(C)c1.CC.CC. The van der Waals surface area contributed by atoms with E-state index in [0.29, 0.717) is 5.70 Å². The van der Waals surface area contributed by atoms with Gasteiger partial charge in [0.25, 0.3) is 0 Å². The molecule has 3 nitrogen and oxygen atoms in total. The van der Waals surface area contributed by atoms with Crippen LogP contribution >= 0.6 is 0 Å². The summed E-state index contributed by atoms with van der Waals surface area (Å²) in [5.41, 5.74) is 3.82. The molecule has 0 aromatic heterocycles. The van der Waals surface area contributed by atoms with E-state index in [2.05, 4.69) is 17.2 Å². The first-order valence-electron chi connectivity index (χ1n) is 7.51. The molecule has 0 heterocycles. The molecular weight excluding hydrogens is 260 g/mol. The number of rotatable bonds is 3. The fraction of sp³-hybridized carbons (Fsp3) is 0.389. The molecule has 0 unspecified atom stereocenters. The van der Waals surface area contributed by atoms with Crippen LogP contribution in [0.1, 0.15) is 45.7 Å². The quantitative estimate of drug-likeness (QED) is 0.702. The van der Waals surface area contributed by atoms with Crippen molar-refractivity contribution in [3.63, 3.8) is 0 Å². The molecule has 0 bridgehead atoms. The van der Waals surface area contributed by atoms with Gasteiger partial charge in [-0.3, -0.25) is 0 Å². The Labute approximate surface area is 130 Å². The van der Waals surface area contributed by atoms with E-state index in [1.54, 1.807) is 12.2 Å². The maximum atomic E-state index is 11.6. The van der Waals surface area contributed by atoms with Gasteiger partial charge in [-0.15, -0.1) is 0 Å². The normalized spacial score (nSPS) is 9.38. The summed E-state index contributed by atoms with van der Waals surface area (Å²) in [6.45, 7) is 17.5. The van der Waals surface area contributed by atoms with Crippen LogP contribution in [-0.4, -0.2) is 6.03 Å². The maximum absolute atomic E-state index is 11.6. The molecule has 3 heteroatoms. The van der Waals surface area contributed by atoms with Gasteiger partial charge in [0.2, 0.25) is 0 Å². The molecule has 1 aromatic rings. The summed E-state index contributed by atoms with van der Waals surface area (Å²) in [6, 6.07) is 5.54. The van der Waals surface area contributed by atoms with E-state index in [1.165, 1.54) is 5.56 Å². The Morgan fingerprint density at radius 1 is 1.10 bits per heavy atom. The zero-order chi connectivity index (χ0) is 16.8. The summed E-state index contributed by atoms with van der Waals surface area (Å²) in [5.74, 6) is 0. The Hall–Kier alpha value is -2.03. The molecule has 0 spiro atoms. The van der Waals surface area contributed by atoms with Gasteiger partial charge in [0.1, 0.15) is 0 Å². The van der Waals surface area contributed by atoms with Gasteiger partial charge in [-0.05, 0) is 50.1 Å². The second-order valence-electron chi connectivity index (χ2n) is 3.83. The fourth-order valence-corrected chi connectivity index (χ4v) is 1.35. The maximum Gasteiger partial charge on any atom is 0.323 e. The van der Waals surface area contributed by atoms with Gasteiger partial charge in [0.15, 0.2) is 0 Å². The van der Waals surface area contributed by atoms with E-state index in [0.717, 1.165) is 11.3 Å². The summed E-state index contributed by atoms with van der Waals surface area (Å²) in [5, 5.41) is 5.46. The lowest BCUT2D eigenvalue weighted by Crippen LogP contribution is -2.27. The number of amides is 2. The number of urea groups is 1. The van der Waals surface area contributed by atoms with Crippen molar-refractivity contribution in [2.75, 3.05) is 5.32 Å². The third-order valence-corrected chi connectivity index (χ3v) is 2.55. The summed E-state index contributed by atoms with van der Waals surface area (Å²) >= 11 is 0. The molecule has 2 amide bonds. The number of allylic oxidation sites excluding steroid dienone is 2. The summed E-state index contributed by atoms with van der Waals surface area (Å²) in [6.07, 6.45) is 3.38. The van der Waals surface area contributed by atoms with Crippen molar-refractivity contribution in [2.24, 2.45) is 0 Å². The molecule has 0 saturated heterocycles. The van der Waals surface area contributed by atoms with E-state index in [1.807, 2.05) is 66.7 Å². The number of benzene rings is 1. The van der Waals surface area contributed by atoms with Crippen molar-refractivity contribution < 1.29 is 4.79 Å². The van der Waals surface area contributed by atoms with Crippen LogP contribution in [0.5, 0.6) is 0 Å². The average Bonchev–Trinajstić information content (AvgIpc) is 2.52. The molecule has 118 valence electrons. The van der Waals surface area contributed by atoms with Gasteiger partial charge in [0.05, 0.1) is 0 Å². The van der Waals surface area contributed by atoms with Crippen LogP contribution in [0.4, 0.5) is 10.5 Å². The first-order valence-corrected chi connectivity index (χ1v) is 7.51. The van der Waals surface area contributed by atoms with E-state index in [-0.39, 0.29) is 6.03 Å². The molecule has 0 aliphatic carbocycles. The van der Waals surface area contributed by atoms with Crippen LogP contribution in [0.15, 0.2) is 42.6 Å². The molecule has 0 aliphatic rings. The second-order valence-corrected chi connectivity index (χ2v) is 3.83.